The molecule has 1 aliphatic carbocycles. The van der Waals surface area contributed by atoms with E-state index in [1.807, 2.05) is 0 Å². The maximum Gasteiger partial charge on any atom is 0.335 e. The normalized spacial score (nSPS) is 28.7. The van der Waals surface area contributed by atoms with Crippen molar-refractivity contribution in [1.82, 2.24) is 0 Å². The largest absolute Gasteiger partial charge is 0.504 e. The van der Waals surface area contributed by atoms with Crippen LogP contribution in [0.2, 0.25) is 0 Å². The van der Waals surface area contributed by atoms with Crippen LogP contribution in [0.25, 0.3) is 6.08 Å². The third-order valence-electron chi connectivity index (χ3n) is 4.14. The van der Waals surface area contributed by atoms with E-state index in [1.165, 1.54) is 25.3 Å². The fourth-order valence-corrected chi connectivity index (χ4v) is 2.70. The number of carbonyl (C=O) groups is 2. The molecule has 2 rings (SSSR count). The molecule has 4 atom stereocenters. The quantitative estimate of drug-likeness (QED) is 0.347. The smallest absolute Gasteiger partial charge is 0.335 e. The predicted molar refractivity (Wildman–Crippen MR) is 87.4 cm³/mol. The number of hydrogen-bond donors (Lipinski definition) is 5. The average Bonchev–Trinajstić information content (AvgIpc) is 2.57. The predicted octanol–water partition coefficient (Wildman–Crippen LogP) is -0.343. The lowest BCUT2D eigenvalue weighted by atomic mass is 9.79. The molecule has 0 bridgehead atoms. The number of ether oxygens (including phenoxy) is 2. The zero-order chi connectivity index (χ0) is 19.5. The molecule has 26 heavy (non-hydrogen) atoms. The molecule has 0 spiro atoms. The molecule has 0 saturated heterocycles. The summed E-state index contributed by atoms with van der Waals surface area (Å²) in [5.41, 5.74) is -1.83. The number of carboxylic acid groups (broad SMARTS) is 1. The molecule has 0 aliphatic heterocycles. The molecule has 5 N–H and O–H groups in total. The average molecular weight is 368 g/mol. The lowest BCUT2D eigenvalue weighted by Crippen LogP contribution is -2.57. The number of aliphatic hydroxyl groups excluding tert-OH is 2. The van der Waals surface area contributed by atoms with Crippen molar-refractivity contribution in [2.75, 3.05) is 7.11 Å². The van der Waals surface area contributed by atoms with Crippen molar-refractivity contribution in [1.29, 1.82) is 0 Å². The molecule has 1 aromatic carbocycles. The standard InChI is InChI=1S/C17H20O9/c1-25-12-4-2-9(6-10(12)18)3-5-14(20)26-13-8-17(24,16(22)23)7-11(19)15(13)21/h2-6,11,13,15,18-19,21,24H,7-8H2,1H3,(H,22,23)/b5-3+/t11-,13+,15+,17-/m0/s1. The van der Waals surface area contributed by atoms with Gasteiger partial charge in [0, 0.05) is 18.9 Å². The number of phenols is 1. The summed E-state index contributed by atoms with van der Waals surface area (Å²) in [6, 6.07) is 4.42. The molecule has 1 saturated carbocycles. The molecule has 9 nitrogen and oxygen atoms in total. The van der Waals surface area contributed by atoms with Crippen molar-refractivity contribution in [2.45, 2.75) is 36.8 Å². The van der Waals surface area contributed by atoms with Crippen LogP contribution in [-0.4, -0.2) is 68.5 Å². The monoisotopic (exact) mass is 368 g/mol. The summed E-state index contributed by atoms with van der Waals surface area (Å²) in [7, 11) is 1.39. The summed E-state index contributed by atoms with van der Waals surface area (Å²) < 4.78 is 9.87. The van der Waals surface area contributed by atoms with Gasteiger partial charge >= 0.3 is 11.9 Å². The van der Waals surface area contributed by atoms with Gasteiger partial charge in [-0.1, -0.05) is 6.07 Å². The number of rotatable bonds is 5. The highest BCUT2D eigenvalue weighted by Crippen LogP contribution is 2.31. The Balaban J connectivity index is 2.06. The maximum atomic E-state index is 11.9. The molecule has 0 radical (unpaired) electrons. The Morgan fingerprint density at radius 1 is 1.27 bits per heavy atom. The minimum atomic E-state index is -2.30. The van der Waals surface area contributed by atoms with Gasteiger partial charge in [0.25, 0.3) is 0 Å². The molecule has 0 amide bonds. The van der Waals surface area contributed by atoms with E-state index in [0.717, 1.165) is 6.08 Å². The second kappa shape index (κ2) is 7.73. The number of carboxylic acids is 1. The van der Waals surface area contributed by atoms with E-state index in [9.17, 15) is 30.0 Å². The Hall–Kier alpha value is -2.62. The number of phenolic OH excluding ortho intramolecular Hbond substituents is 1. The topological polar surface area (TPSA) is 154 Å². The van der Waals surface area contributed by atoms with E-state index >= 15 is 0 Å². The van der Waals surface area contributed by atoms with E-state index < -0.39 is 48.7 Å². The minimum absolute atomic E-state index is 0.125. The first-order chi connectivity index (χ1) is 12.2. The van der Waals surface area contributed by atoms with E-state index in [-0.39, 0.29) is 11.5 Å². The van der Waals surface area contributed by atoms with Crippen LogP contribution in [0.3, 0.4) is 0 Å². The fourth-order valence-electron chi connectivity index (χ4n) is 2.70. The van der Waals surface area contributed by atoms with Gasteiger partial charge in [0.1, 0.15) is 12.2 Å². The van der Waals surface area contributed by atoms with Gasteiger partial charge < -0.3 is 35.0 Å². The number of benzene rings is 1. The number of aliphatic hydroxyl groups is 3. The van der Waals surface area contributed by atoms with Gasteiger partial charge in [-0.2, -0.15) is 0 Å². The summed E-state index contributed by atoms with van der Waals surface area (Å²) in [6.45, 7) is 0. The van der Waals surface area contributed by atoms with Crippen molar-refractivity contribution in [3.05, 3.63) is 29.8 Å². The lowest BCUT2D eigenvalue weighted by Gasteiger charge is -2.39. The fraction of sp³-hybridized carbons (Fsp3) is 0.412. The van der Waals surface area contributed by atoms with E-state index in [2.05, 4.69) is 0 Å². The molecular weight excluding hydrogens is 348 g/mol. The number of carbonyl (C=O) groups excluding carboxylic acids is 1. The van der Waals surface area contributed by atoms with Crippen LogP contribution in [0.5, 0.6) is 11.5 Å². The first-order valence-corrected chi connectivity index (χ1v) is 7.74. The summed E-state index contributed by atoms with van der Waals surface area (Å²) in [5, 5.41) is 48.3. The Labute approximate surface area is 148 Å². The van der Waals surface area contributed by atoms with Crippen LogP contribution in [0, 0.1) is 0 Å². The van der Waals surface area contributed by atoms with Gasteiger partial charge in [-0.15, -0.1) is 0 Å². The van der Waals surface area contributed by atoms with Crippen molar-refractivity contribution in [3.63, 3.8) is 0 Å². The molecule has 1 aliphatic rings. The molecule has 142 valence electrons. The van der Waals surface area contributed by atoms with Crippen LogP contribution in [0.1, 0.15) is 18.4 Å². The first kappa shape index (κ1) is 19.7. The number of hydrogen-bond acceptors (Lipinski definition) is 8. The van der Waals surface area contributed by atoms with E-state index in [1.54, 1.807) is 6.07 Å². The summed E-state index contributed by atoms with van der Waals surface area (Å²) in [6.07, 6.45) is -3.24. The number of aliphatic carboxylic acids is 1. The molecule has 1 fully saturated rings. The van der Waals surface area contributed by atoms with E-state index in [0.29, 0.717) is 5.56 Å². The Kier molecular flexibility index (Phi) is 5.86. The highest BCUT2D eigenvalue weighted by molar-refractivity contribution is 5.87. The van der Waals surface area contributed by atoms with Crippen LogP contribution < -0.4 is 4.74 Å². The first-order valence-electron chi connectivity index (χ1n) is 7.74. The van der Waals surface area contributed by atoms with Gasteiger partial charge in [-0.25, -0.2) is 9.59 Å². The van der Waals surface area contributed by atoms with Crippen molar-refractivity contribution < 1.29 is 44.6 Å². The SMILES string of the molecule is COc1ccc(/C=C/C(=O)O[C@@H]2C[C@](O)(C(=O)O)C[C@H](O)[C@H]2O)cc1O. The van der Waals surface area contributed by atoms with Gasteiger partial charge in [-0.3, -0.25) is 0 Å². The third-order valence-corrected chi connectivity index (χ3v) is 4.14. The molecule has 1 aromatic rings. The van der Waals surface area contributed by atoms with Crippen LogP contribution in [-0.2, 0) is 14.3 Å². The second-order valence-corrected chi connectivity index (χ2v) is 6.04. The Bertz CT molecular complexity index is 714. The third kappa shape index (κ3) is 4.31. The van der Waals surface area contributed by atoms with Crippen LogP contribution in [0.15, 0.2) is 24.3 Å². The highest BCUT2D eigenvalue weighted by Gasteiger charge is 2.50. The Morgan fingerprint density at radius 2 is 1.96 bits per heavy atom. The van der Waals surface area contributed by atoms with Gasteiger partial charge in [-0.05, 0) is 23.8 Å². The number of esters is 1. The van der Waals surface area contributed by atoms with Crippen LogP contribution >= 0.6 is 0 Å². The summed E-state index contributed by atoms with van der Waals surface area (Å²) in [4.78, 5) is 23.0. The van der Waals surface area contributed by atoms with Crippen molar-refractivity contribution in [3.8, 4) is 11.5 Å². The molecule has 0 unspecified atom stereocenters. The van der Waals surface area contributed by atoms with Gasteiger partial charge in [0.15, 0.2) is 17.1 Å². The second-order valence-electron chi connectivity index (χ2n) is 6.04. The highest BCUT2D eigenvalue weighted by atomic mass is 16.6. The lowest BCUT2D eigenvalue weighted by molar-refractivity contribution is -0.196. The van der Waals surface area contributed by atoms with Gasteiger partial charge in [0.2, 0.25) is 0 Å². The van der Waals surface area contributed by atoms with Crippen molar-refractivity contribution in [2.24, 2.45) is 0 Å². The Morgan fingerprint density at radius 3 is 2.54 bits per heavy atom. The summed E-state index contributed by atoms with van der Waals surface area (Å²) in [5.74, 6) is -2.35. The molecule has 0 aromatic heterocycles. The molecule has 9 heteroatoms. The molecular formula is C17H20O9. The molecule has 0 heterocycles. The summed E-state index contributed by atoms with van der Waals surface area (Å²) >= 11 is 0. The number of aromatic hydroxyl groups is 1. The van der Waals surface area contributed by atoms with Crippen molar-refractivity contribution >= 4 is 18.0 Å². The van der Waals surface area contributed by atoms with Gasteiger partial charge in [0.05, 0.1) is 13.2 Å². The zero-order valence-electron chi connectivity index (χ0n) is 13.9. The zero-order valence-corrected chi connectivity index (χ0v) is 13.9. The maximum absolute atomic E-state index is 11.9. The van der Waals surface area contributed by atoms with E-state index in [4.69, 9.17) is 14.6 Å². The van der Waals surface area contributed by atoms with Crippen LogP contribution in [0.4, 0.5) is 0 Å². The minimum Gasteiger partial charge on any atom is -0.504 e. The number of methoxy groups -OCH3 is 1.